The summed E-state index contributed by atoms with van der Waals surface area (Å²) >= 11 is 0. The van der Waals surface area contributed by atoms with E-state index in [-0.39, 0.29) is 6.03 Å². The molecule has 25 heavy (non-hydrogen) atoms. The summed E-state index contributed by atoms with van der Waals surface area (Å²) in [6.45, 7) is 2.15. The molecule has 1 aliphatic heterocycles. The second-order valence-corrected chi connectivity index (χ2v) is 6.06. The Morgan fingerprint density at radius 3 is 2.56 bits per heavy atom. The molecular weight excluding hydrogens is 312 g/mol. The zero-order chi connectivity index (χ0) is 17.6. The smallest absolute Gasteiger partial charge is 0.323 e. The lowest BCUT2D eigenvalue weighted by Gasteiger charge is -2.10. The highest BCUT2D eigenvalue weighted by molar-refractivity contribution is 6.00. The number of urea groups is 1. The van der Waals surface area contributed by atoms with Gasteiger partial charge in [-0.25, -0.2) is 9.79 Å². The minimum absolute atomic E-state index is 0.267. The molecule has 0 atom stereocenters. The van der Waals surface area contributed by atoms with E-state index in [2.05, 4.69) is 22.5 Å². The summed E-state index contributed by atoms with van der Waals surface area (Å²) < 4.78 is 0. The van der Waals surface area contributed by atoms with E-state index in [0.29, 0.717) is 12.3 Å². The molecular formula is C20H22N4O. The molecule has 0 aliphatic carbocycles. The molecule has 3 rings (SSSR count). The monoisotopic (exact) mass is 334 g/mol. The normalized spacial score (nSPS) is 13.2. The minimum atomic E-state index is -0.267. The number of hydrogen-bond acceptors (Lipinski definition) is 3. The van der Waals surface area contributed by atoms with Gasteiger partial charge in [0, 0.05) is 24.0 Å². The Balaban J connectivity index is 1.61. The number of nitrogens with one attached hydrogen (secondary N) is 2. The predicted octanol–water partition coefficient (Wildman–Crippen LogP) is 4.38. The van der Waals surface area contributed by atoms with Crippen LogP contribution >= 0.6 is 0 Å². The van der Waals surface area contributed by atoms with Gasteiger partial charge < -0.3 is 16.4 Å². The number of nitrogens with zero attached hydrogens (tertiary/aromatic N) is 1. The van der Waals surface area contributed by atoms with Crippen molar-refractivity contribution in [1.82, 2.24) is 0 Å². The van der Waals surface area contributed by atoms with Gasteiger partial charge in [0.2, 0.25) is 0 Å². The third kappa shape index (κ3) is 4.47. The lowest BCUT2D eigenvalue weighted by Crippen LogP contribution is -2.19. The first-order valence-corrected chi connectivity index (χ1v) is 8.42. The van der Waals surface area contributed by atoms with Crippen LogP contribution in [0.15, 0.2) is 59.7 Å². The number of anilines is 2. The van der Waals surface area contributed by atoms with Crippen molar-refractivity contribution in [2.24, 2.45) is 10.7 Å². The van der Waals surface area contributed by atoms with Gasteiger partial charge >= 0.3 is 6.03 Å². The topological polar surface area (TPSA) is 79.5 Å². The number of amidine groups is 1. The molecule has 128 valence electrons. The standard InChI is InChI=1S/C20H22N4O/c1-2-4-14-7-9-17(10-8-14)23-20(25)24-18-6-3-5-15(11-18)16-12-19(21)22-13-16/h3,5-11,13H,2,4,12H2,1H3,(H2,21,22)(H2,23,24,25). The summed E-state index contributed by atoms with van der Waals surface area (Å²) in [5, 5.41) is 5.71. The Morgan fingerprint density at radius 1 is 1.12 bits per heavy atom. The van der Waals surface area contributed by atoms with Crippen molar-refractivity contribution in [3.63, 3.8) is 0 Å². The third-order valence-electron chi connectivity index (χ3n) is 4.00. The van der Waals surface area contributed by atoms with Gasteiger partial charge in [-0.15, -0.1) is 0 Å². The predicted molar refractivity (Wildman–Crippen MR) is 104 cm³/mol. The second-order valence-electron chi connectivity index (χ2n) is 6.06. The third-order valence-corrected chi connectivity index (χ3v) is 4.00. The molecule has 0 bridgehead atoms. The van der Waals surface area contributed by atoms with E-state index in [0.717, 1.165) is 35.4 Å². The van der Waals surface area contributed by atoms with Crippen LogP contribution in [0, 0.1) is 0 Å². The van der Waals surface area contributed by atoms with Gasteiger partial charge in [0.15, 0.2) is 0 Å². The van der Waals surface area contributed by atoms with Crippen molar-refractivity contribution < 1.29 is 4.79 Å². The van der Waals surface area contributed by atoms with Crippen molar-refractivity contribution in [1.29, 1.82) is 0 Å². The molecule has 1 aliphatic rings. The van der Waals surface area contributed by atoms with Crippen LogP contribution in [0.1, 0.15) is 30.9 Å². The maximum atomic E-state index is 12.2. The van der Waals surface area contributed by atoms with Crippen LogP contribution in [0.25, 0.3) is 5.57 Å². The SMILES string of the molecule is CCCc1ccc(NC(=O)Nc2cccc(C3=CN=C(N)C3)c2)cc1. The number of benzene rings is 2. The fourth-order valence-electron chi connectivity index (χ4n) is 2.76. The second kappa shape index (κ2) is 7.66. The highest BCUT2D eigenvalue weighted by atomic mass is 16.2. The molecule has 2 aromatic rings. The van der Waals surface area contributed by atoms with Crippen LogP contribution < -0.4 is 16.4 Å². The summed E-state index contributed by atoms with van der Waals surface area (Å²) in [5.74, 6) is 0.609. The van der Waals surface area contributed by atoms with E-state index in [1.807, 2.05) is 48.5 Å². The fraction of sp³-hybridized carbons (Fsp3) is 0.200. The van der Waals surface area contributed by atoms with Crippen LogP contribution in [0.3, 0.4) is 0 Å². The Morgan fingerprint density at radius 2 is 1.88 bits per heavy atom. The Hall–Kier alpha value is -3.08. The number of carbonyl (C=O) groups excluding carboxylic acids is 1. The van der Waals surface area contributed by atoms with E-state index in [1.165, 1.54) is 5.56 Å². The van der Waals surface area contributed by atoms with Crippen molar-refractivity contribution in [2.75, 3.05) is 10.6 Å². The maximum Gasteiger partial charge on any atom is 0.323 e. The lowest BCUT2D eigenvalue weighted by atomic mass is 10.0. The summed E-state index contributed by atoms with van der Waals surface area (Å²) in [6, 6.07) is 15.3. The van der Waals surface area contributed by atoms with Crippen LogP contribution in [0.2, 0.25) is 0 Å². The number of aryl methyl sites for hydroxylation is 1. The molecule has 4 N–H and O–H groups in total. The van der Waals surface area contributed by atoms with Crippen LogP contribution in [-0.2, 0) is 6.42 Å². The molecule has 0 radical (unpaired) electrons. The highest BCUT2D eigenvalue weighted by Crippen LogP contribution is 2.24. The zero-order valence-electron chi connectivity index (χ0n) is 14.3. The number of carbonyl (C=O) groups is 1. The van der Waals surface area contributed by atoms with Crippen LogP contribution in [-0.4, -0.2) is 11.9 Å². The lowest BCUT2D eigenvalue weighted by molar-refractivity contribution is 0.262. The van der Waals surface area contributed by atoms with Gasteiger partial charge in [0.1, 0.15) is 5.84 Å². The van der Waals surface area contributed by atoms with E-state index >= 15 is 0 Å². The van der Waals surface area contributed by atoms with E-state index in [4.69, 9.17) is 5.73 Å². The molecule has 5 heteroatoms. The van der Waals surface area contributed by atoms with E-state index in [9.17, 15) is 4.79 Å². The maximum absolute atomic E-state index is 12.2. The number of nitrogens with two attached hydrogens (primary N) is 1. The van der Waals surface area contributed by atoms with E-state index < -0.39 is 0 Å². The Kier molecular flexibility index (Phi) is 5.14. The highest BCUT2D eigenvalue weighted by Gasteiger charge is 2.10. The molecule has 5 nitrogen and oxygen atoms in total. The van der Waals surface area contributed by atoms with Gasteiger partial charge in [-0.05, 0) is 47.4 Å². The molecule has 0 fully saturated rings. The summed E-state index contributed by atoms with van der Waals surface area (Å²) in [6.07, 6.45) is 4.56. The van der Waals surface area contributed by atoms with Crippen LogP contribution in [0.4, 0.5) is 16.2 Å². The van der Waals surface area contributed by atoms with Gasteiger partial charge in [0.25, 0.3) is 0 Å². The average Bonchev–Trinajstić information content (AvgIpc) is 3.04. The quantitative estimate of drug-likeness (QED) is 0.758. The average molecular weight is 334 g/mol. The molecule has 0 unspecified atom stereocenters. The summed E-state index contributed by atoms with van der Waals surface area (Å²) in [7, 11) is 0. The van der Waals surface area contributed by atoms with Crippen molar-refractivity contribution in [3.05, 3.63) is 65.9 Å². The van der Waals surface area contributed by atoms with Gasteiger partial charge in [-0.1, -0.05) is 37.6 Å². The van der Waals surface area contributed by atoms with Gasteiger partial charge in [-0.2, -0.15) is 0 Å². The van der Waals surface area contributed by atoms with Crippen molar-refractivity contribution >= 4 is 28.8 Å². The number of aliphatic imine (C=N–C) groups is 1. The number of amides is 2. The minimum Gasteiger partial charge on any atom is -0.387 e. The van der Waals surface area contributed by atoms with Crippen molar-refractivity contribution in [2.45, 2.75) is 26.2 Å². The van der Waals surface area contributed by atoms with E-state index in [1.54, 1.807) is 6.20 Å². The number of hydrogen-bond donors (Lipinski definition) is 3. The number of rotatable bonds is 5. The molecule has 0 saturated carbocycles. The first-order chi connectivity index (χ1) is 12.1. The van der Waals surface area contributed by atoms with Gasteiger partial charge in [0.05, 0.1) is 0 Å². The fourth-order valence-corrected chi connectivity index (χ4v) is 2.76. The largest absolute Gasteiger partial charge is 0.387 e. The van der Waals surface area contributed by atoms with Crippen molar-refractivity contribution in [3.8, 4) is 0 Å². The molecule has 0 spiro atoms. The summed E-state index contributed by atoms with van der Waals surface area (Å²) in [5.41, 5.74) is 10.5. The molecule has 2 aromatic carbocycles. The first kappa shape index (κ1) is 16.8. The Bertz CT molecular complexity index is 822. The summed E-state index contributed by atoms with van der Waals surface area (Å²) in [4.78, 5) is 16.3. The molecule has 2 amide bonds. The molecule has 0 aromatic heterocycles. The van der Waals surface area contributed by atoms with Gasteiger partial charge in [-0.3, -0.25) is 0 Å². The Labute approximate surface area is 147 Å². The zero-order valence-corrected chi connectivity index (χ0v) is 14.3. The molecule has 0 saturated heterocycles. The molecule has 1 heterocycles. The first-order valence-electron chi connectivity index (χ1n) is 8.42. The van der Waals surface area contributed by atoms with Crippen LogP contribution in [0.5, 0.6) is 0 Å².